The molecule has 1 saturated heterocycles. The number of benzene rings is 2. The fraction of sp³-hybridized carbons (Fsp3) is 0.304. The summed E-state index contributed by atoms with van der Waals surface area (Å²) in [5.41, 5.74) is 3.00. The minimum absolute atomic E-state index is 0.0929. The summed E-state index contributed by atoms with van der Waals surface area (Å²) in [6.45, 7) is 6.11. The Balaban J connectivity index is 1.55. The van der Waals surface area contributed by atoms with E-state index >= 15 is 0 Å². The Morgan fingerprint density at radius 1 is 0.926 bits per heavy atom. The third kappa shape index (κ3) is 3.05. The highest BCUT2D eigenvalue weighted by Gasteiger charge is 2.50. The number of hydrogen-bond donors (Lipinski definition) is 0. The summed E-state index contributed by atoms with van der Waals surface area (Å²) >= 11 is 0. The second-order valence-electron chi connectivity index (χ2n) is 7.51. The number of ether oxygens (including phenoxy) is 1. The summed E-state index contributed by atoms with van der Waals surface area (Å²) in [5, 5.41) is 0. The molecule has 1 aliphatic carbocycles. The number of aryl methyl sites for hydroxylation is 2. The van der Waals surface area contributed by atoms with Gasteiger partial charge in [0.15, 0.2) is 0 Å². The predicted molar refractivity (Wildman–Crippen MR) is 105 cm³/mol. The van der Waals surface area contributed by atoms with Crippen LogP contribution in [0.25, 0.3) is 0 Å². The van der Waals surface area contributed by atoms with Gasteiger partial charge in [0.05, 0.1) is 17.5 Å². The van der Waals surface area contributed by atoms with Gasteiger partial charge in [0.2, 0.25) is 11.8 Å². The van der Waals surface area contributed by atoms with Crippen LogP contribution in [0.2, 0.25) is 0 Å². The van der Waals surface area contributed by atoms with Crippen LogP contribution in [-0.2, 0) is 9.59 Å². The maximum atomic E-state index is 12.8. The lowest BCUT2D eigenvalue weighted by Crippen LogP contribution is -2.31. The van der Waals surface area contributed by atoms with Gasteiger partial charge < -0.3 is 4.74 Å². The first-order chi connectivity index (χ1) is 13.0. The highest BCUT2D eigenvalue weighted by Crippen LogP contribution is 2.40. The van der Waals surface area contributed by atoms with Crippen LogP contribution in [0.15, 0.2) is 54.6 Å². The molecular weight excluding hydrogens is 338 g/mol. The quantitative estimate of drug-likeness (QED) is 0.583. The molecule has 2 amide bonds. The topological polar surface area (TPSA) is 46.6 Å². The van der Waals surface area contributed by atoms with Crippen LogP contribution in [-0.4, -0.2) is 11.8 Å². The predicted octanol–water partition coefficient (Wildman–Crippen LogP) is 4.80. The number of nitrogens with zero attached hydrogens (tertiary/aromatic N) is 1. The van der Waals surface area contributed by atoms with E-state index in [2.05, 4.69) is 6.92 Å². The minimum atomic E-state index is -0.242. The molecule has 0 spiro atoms. The fourth-order valence-electron chi connectivity index (χ4n) is 3.98. The van der Waals surface area contributed by atoms with E-state index in [1.807, 2.05) is 44.2 Å². The van der Waals surface area contributed by atoms with Gasteiger partial charge in [0.1, 0.15) is 11.5 Å². The van der Waals surface area contributed by atoms with Gasteiger partial charge in [-0.2, -0.15) is 0 Å². The van der Waals surface area contributed by atoms with Gasteiger partial charge >= 0.3 is 0 Å². The summed E-state index contributed by atoms with van der Waals surface area (Å²) in [6, 6.07) is 13.1. The molecule has 2 aromatic carbocycles. The third-order valence-corrected chi connectivity index (χ3v) is 5.68. The van der Waals surface area contributed by atoms with E-state index in [1.165, 1.54) is 16.0 Å². The van der Waals surface area contributed by atoms with Gasteiger partial charge in [-0.3, -0.25) is 14.5 Å². The SMILES string of the molecule is Cc1ccc(Oc2ccc(N3C(=O)[C@H]4[C@@H](C)C=CC[C@H]4C3=O)cc2)cc1C. The molecule has 1 aliphatic heterocycles. The lowest BCUT2D eigenvalue weighted by atomic mass is 9.78. The van der Waals surface area contributed by atoms with Gasteiger partial charge in [-0.05, 0) is 73.7 Å². The summed E-state index contributed by atoms with van der Waals surface area (Å²) in [5.74, 6) is 0.878. The number of rotatable bonds is 3. The van der Waals surface area contributed by atoms with Crippen LogP contribution in [0.4, 0.5) is 5.69 Å². The van der Waals surface area contributed by atoms with E-state index in [1.54, 1.807) is 24.3 Å². The van der Waals surface area contributed by atoms with Crippen molar-refractivity contribution < 1.29 is 14.3 Å². The maximum absolute atomic E-state index is 12.8. The zero-order valence-corrected chi connectivity index (χ0v) is 15.8. The molecule has 0 N–H and O–H groups in total. The molecule has 2 aromatic rings. The number of fused-ring (bicyclic) bond motifs is 1. The summed E-state index contributed by atoms with van der Waals surface area (Å²) in [4.78, 5) is 27.0. The van der Waals surface area contributed by atoms with Crippen LogP contribution in [0, 0.1) is 31.6 Å². The van der Waals surface area contributed by atoms with Gasteiger partial charge in [-0.15, -0.1) is 0 Å². The molecule has 0 saturated carbocycles. The Labute approximate surface area is 159 Å². The minimum Gasteiger partial charge on any atom is -0.457 e. The van der Waals surface area contributed by atoms with E-state index in [9.17, 15) is 9.59 Å². The third-order valence-electron chi connectivity index (χ3n) is 5.68. The zero-order chi connectivity index (χ0) is 19.1. The van der Waals surface area contributed by atoms with Crippen molar-refractivity contribution in [3.8, 4) is 11.5 Å². The highest BCUT2D eigenvalue weighted by molar-refractivity contribution is 6.22. The van der Waals surface area contributed by atoms with Crippen LogP contribution in [0.1, 0.15) is 24.5 Å². The first-order valence-electron chi connectivity index (χ1n) is 9.35. The van der Waals surface area contributed by atoms with Gasteiger partial charge in [-0.1, -0.05) is 25.1 Å². The molecule has 3 atom stereocenters. The van der Waals surface area contributed by atoms with Crippen molar-refractivity contribution >= 4 is 17.5 Å². The Morgan fingerprint density at radius 2 is 1.63 bits per heavy atom. The number of anilines is 1. The maximum Gasteiger partial charge on any atom is 0.238 e. The summed E-state index contributed by atoms with van der Waals surface area (Å²) in [7, 11) is 0. The second kappa shape index (κ2) is 6.69. The number of amides is 2. The Kier molecular flexibility index (Phi) is 4.34. The number of carbonyl (C=O) groups is 2. The molecular formula is C23H23NO3. The highest BCUT2D eigenvalue weighted by atomic mass is 16.5. The molecule has 0 aromatic heterocycles. The lowest BCUT2D eigenvalue weighted by Gasteiger charge is -2.22. The molecule has 0 bridgehead atoms. The standard InChI is InChI=1S/C23H23NO3/c1-14-7-10-19(13-16(14)3)27-18-11-8-17(9-12-18)24-22(25)20-6-4-5-15(2)21(20)23(24)26/h4-5,7-13,15,20-21H,6H2,1-3H3/t15-,20+,21-/m0/s1. The van der Waals surface area contributed by atoms with E-state index in [0.29, 0.717) is 17.9 Å². The monoisotopic (exact) mass is 361 g/mol. The van der Waals surface area contributed by atoms with Crippen LogP contribution in [0.3, 0.4) is 0 Å². The molecule has 1 heterocycles. The molecule has 4 nitrogen and oxygen atoms in total. The molecule has 138 valence electrons. The van der Waals surface area contributed by atoms with Crippen molar-refractivity contribution in [3.05, 3.63) is 65.7 Å². The van der Waals surface area contributed by atoms with Crippen molar-refractivity contribution in [2.45, 2.75) is 27.2 Å². The second-order valence-corrected chi connectivity index (χ2v) is 7.51. The van der Waals surface area contributed by atoms with Crippen molar-refractivity contribution in [2.24, 2.45) is 17.8 Å². The number of allylic oxidation sites excluding steroid dienone is 2. The van der Waals surface area contributed by atoms with Crippen LogP contribution in [0.5, 0.6) is 11.5 Å². The fourth-order valence-corrected chi connectivity index (χ4v) is 3.98. The van der Waals surface area contributed by atoms with E-state index in [0.717, 1.165) is 5.75 Å². The first-order valence-corrected chi connectivity index (χ1v) is 9.35. The Bertz CT molecular complexity index is 929. The average Bonchev–Trinajstić information content (AvgIpc) is 2.91. The average molecular weight is 361 g/mol. The van der Waals surface area contributed by atoms with Crippen molar-refractivity contribution in [3.63, 3.8) is 0 Å². The van der Waals surface area contributed by atoms with E-state index in [4.69, 9.17) is 4.74 Å². The molecule has 4 rings (SSSR count). The van der Waals surface area contributed by atoms with Crippen LogP contribution < -0.4 is 9.64 Å². The van der Waals surface area contributed by atoms with E-state index < -0.39 is 0 Å². The molecule has 4 heteroatoms. The lowest BCUT2D eigenvalue weighted by molar-refractivity contribution is -0.122. The van der Waals surface area contributed by atoms with Gasteiger partial charge in [-0.25, -0.2) is 0 Å². The van der Waals surface area contributed by atoms with Crippen molar-refractivity contribution in [1.29, 1.82) is 0 Å². The molecule has 1 fully saturated rings. The van der Waals surface area contributed by atoms with E-state index in [-0.39, 0.29) is 29.6 Å². The van der Waals surface area contributed by atoms with Crippen molar-refractivity contribution in [2.75, 3.05) is 4.90 Å². The molecule has 0 unspecified atom stereocenters. The van der Waals surface area contributed by atoms with Crippen molar-refractivity contribution in [1.82, 2.24) is 0 Å². The summed E-state index contributed by atoms with van der Waals surface area (Å²) in [6.07, 6.45) is 4.70. The zero-order valence-electron chi connectivity index (χ0n) is 15.8. The number of carbonyl (C=O) groups excluding carboxylic acids is 2. The largest absolute Gasteiger partial charge is 0.457 e. The van der Waals surface area contributed by atoms with Gasteiger partial charge in [0.25, 0.3) is 0 Å². The smallest absolute Gasteiger partial charge is 0.238 e. The normalized spacial score (nSPS) is 24.3. The number of imide groups is 1. The van der Waals surface area contributed by atoms with Crippen LogP contribution >= 0.6 is 0 Å². The number of hydrogen-bond acceptors (Lipinski definition) is 3. The first kappa shape index (κ1) is 17.5. The summed E-state index contributed by atoms with van der Waals surface area (Å²) < 4.78 is 5.90. The van der Waals surface area contributed by atoms with Gasteiger partial charge in [0, 0.05) is 0 Å². The molecule has 0 radical (unpaired) electrons. The Morgan fingerprint density at radius 3 is 2.30 bits per heavy atom. The Hall–Kier alpha value is -2.88. The molecule has 27 heavy (non-hydrogen) atoms. The molecule has 2 aliphatic rings.